The van der Waals surface area contributed by atoms with Crippen molar-refractivity contribution in [1.29, 1.82) is 0 Å². The van der Waals surface area contributed by atoms with Gasteiger partial charge in [-0.15, -0.1) is 0 Å². The zero-order valence-electron chi connectivity index (χ0n) is 12.8. The second kappa shape index (κ2) is 8.54. The Morgan fingerprint density at radius 3 is 2.42 bits per heavy atom. The topological polar surface area (TPSA) is 41.6 Å². The van der Waals surface area contributed by atoms with E-state index in [9.17, 15) is 4.79 Å². The fourth-order valence-corrected chi connectivity index (χ4v) is 2.63. The van der Waals surface area contributed by atoms with E-state index in [2.05, 4.69) is 17.1 Å². The maximum Gasteiger partial charge on any atom is 0.325 e. The van der Waals surface area contributed by atoms with E-state index in [1.54, 1.807) is 0 Å². The van der Waals surface area contributed by atoms with Gasteiger partial charge in [0.25, 0.3) is 0 Å². The van der Waals surface area contributed by atoms with Gasteiger partial charge < -0.3 is 15.0 Å². The number of esters is 1. The van der Waals surface area contributed by atoms with Crippen LogP contribution in [0.3, 0.4) is 0 Å². The van der Waals surface area contributed by atoms with Gasteiger partial charge in [0.2, 0.25) is 0 Å². The monoisotopic (exact) mass is 270 g/mol. The molecule has 0 aromatic rings. The predicted octanol–water partition coefficient (Wildman–Crippen LogP) is 2.18. The minimum absolute atomic E-state index is 0.143. The van der Waals surface area contributed by atoms with E-state index in [1.165, 1.54) is 45.9 Å². The van der Waals surface area contributed by atoms with Crippen LogP contribution in [-0.4, -0.2) is 49.7 Å². The molecule has 1 unspecified atom stereocenters. The first-order valence-electron chi connectivity index (χ1n) is 7.68. The normalized spacial score (nSPS) is 20.6. The summed E-state index contributed by atoms with van der Waals surface area (Å²) in [4.78, 5) is 14.5. The molecule has 1 N–H and O–H groups in total. The third-order valence-electron chi connectivity index (χ3n) is 4.03. The molecule has 1 rings (SSSR count). The van der Waals surface area contributed by atoms with Crippen LogP contribution in [0.1, 0.15) is 52.4 Å². The Kier molecular flexibility index (Phi) is 7.39. The van der Waals surface area contributed by atoms with Crippen LogP contribution in [0.15, 0.2) is 0 Å². The fourth-order valence-electron chi connectivity index (χ4n) is 2.63. The zero-order chi connectivity index (χ0) is 14.1. The standard InChI is InChI=1S/C15H30N2O2/c1-4-10-16-15(2,14(18)19-3)9-13-17-11-7-5-6-8-12-17/h16H,4-13H2,1-3H3. The average Bonchev–Trinajstić information content (AvgIpc) is 2.70. The van der Waals surface area contributed by atoms with E-state index in [0.29, 0.717) is 0 Å². The largest absolute Gasteiger partial charge is 0.468 e. The summed E-state index contributed by atoms with van der Waals surface area (Å²) in [5, 5.41) is 3.35. The van der Waals surface area contributed by atoms with Gasteiger partial charge in [-0.05, 0) is 52.2 Å². The molecule has 0 bridgehead atoms. The molecule has 0 amide bonds. The van der Waals surface area contributed by atoms with Gasteiger partial charge in [0.1, 0.15) is 5.54 Å². The quantitative estimate of drug-likeness (QED) is 0.720. The third kappa shape index (κ3) is 5.49. The Morgan fingerprint density at radius 2 is 1.89 bits per heavy atom. The maximum absolute atomic E-state index is 12.0. The number of rotatable bonds is 7. The van der Waals surface area contributed by atoms with E-state index in [-0.39, 0.29) is 5.97 Å². The first kappa shape index (κ1) is 16.4. The molecule has 1 saturated heterocycles. The first-order valence-corrected chi connectivity index (χ1v) is 7.68. The minimum atomic E-state index is -0.545. The summed E-state index contributed by atoms with van der Waals surface area (Å²) in [6.07, 6.45) is 7.11. The number of hydrogen-bond acceptors (Lipinski definition) is 4. The van der Waals surface area contributed by atoms with Crippen molar-refractivity contribution in [2.24, 2.45) is 0 Å². The minimum Gasteiger partial charge on any atom is -0.468 e. The molecule has 19 heavy (non-hydrogen) atoms. The van der Waals surface area contributed by atoms with E-state index in [1.807, 2.05) is 6.92 Å². The molecule has 1 aliphatic heterocycles. The number of nitrogens with zero attached hydrogens (tertiary/aromatic N) is 1. The van der Waals surface area contributed by atoms with Gasteiger partial charge in [-0.25, -0.2) is 0 Å². The molecule has 4 nitrogen and oxygen atoms in total. The van der Waals surface area contributed by atoms with Crippen LogP contribution in [0.4, 0.5) is 0 Å². The summed E-state index contributed by atoms with van der Waals surface area (Å²) in [5.74, 6) is -0.143. The highest BCUT2D eigenvalue weighted by Gasteiger charge is 2.33. The van der Waals surface area contributed by atoms with Crippen LogP contribution in [0, 0.1) is 0 Å². The summed E-state index contributed by atoms with van der Waals surface area (Å²) < 4.78 is 4.96. The molecule has 4 heteroatoms. The number of methoxy groups -OCH3 is 1. The Balaban J connectivity index is 2.48. The molecule has 0 saturated carbocycles. The molecule has 1 aliphatic rings. The summed E-state index contributed by atoms with van der Waals surface area (Å²) >= 11 is 0. The van der Waals surface area contributed by atoms with Crippen molar-refractivity contribution in [2.45, 2.75) is 57.9 Å². The van der Waals surface area contributed by atoms with E-state index >= 15 is 0 Å². The zero-order valence-corrected chi connectivity index (χ0v) is 12.8. The lowest BCUT2D eigenvalue weighted by atomic mass is 9.97. The van der Waals surface area contributed by atoms with E-state index in [0.717, 1.165) is 25.9 Å². The van der Waals surface area contributed by atoms with E-state index < -0.39 is 5.54 Å². The van der Waals surface area contributed by atoms with Crippen LogP contribution < -0.4 is 5.32 Å². The Bertz CT molecular complexity index is 263. The van der Waals surface area contributed by atoms with Crippen molar-refractivity contribution in [3.05, 3.63) is 0 Å². The first-order chi connectivity index (χ1) is 9.12. The highest BCUT2D eigenvalue weighted by atomic mass is 16.5. The summed E-state index contributed by atoms with van der Waals surface area (Å²) in [7, 11) is 1.47. The van der Waals surface area contributed by atoms with Gasteiger partial charge in [-0.3, -0.25) is 4.79 Å². The molecular formula is C15H30N2O2. The smallest absolute Gasteiger partial charge is 0.325 e. The van der Waals surface area contributed by atoms with Crippen molar-refractivity contribution < 1.29 is 9.53 Å². The summed E-state index contributed by atoms with van der Waals surface area (Å²) in [6.45, 7) is 8.25. The number of hydrogen-bond donors (Lipinski definition) is 1. The van der Waals surface area contributed by atoms with Crippen molar-refractivity contribution in [1.82, 2.24) is 10.2 Å². The molecule has 0 aromatic heterocycles. The van der Waals surface area contributed by atoms with Crippen LogP contribution in [0.25, 0.3) is 0 Å². The van der Waals surface area contributed by atoms with Gasteiger partial charge in [-0.1, -0.05) is 19.8 Å². The number of ether oxygens (including phenoxy) is 1. The molecule has 112 valence electrons. The Morgan fingerprint density at radius 1 is 1.26 bits per heavy atom. The van der Waals surface area contributed by atoms with E-state index in [4.69, 9.17) is 4.74 Å². The second-order valence-corrected chi connectivity index (χ2v) is 5.76. The van der Waals surface area contributed by atoms with Crippen LogP contribution >= 0.6 is 0 Å². The lowest BCUT2D eigenvalue weighted by Crippen LogP contribution is -2.52. The number of carbonyl (C=O) groups excluding carboxylic acids is 1. The fraction of sp³-hybridized carbons (Fsp3) is 0.933. The number of likely N-dealkylation sites (tertiary alicyclic amines) is 1. The van der Waals surface area contributed by atoms with Crippen molar-refractivity contribution in [2.75, 3.05) is 33.3 Å². The van der Waals surface area contributed by atoms with Crippen LogP contribution in [0.5, 0.6) is 0 Å². The summed E-state index contributed by atoms with van der Waals surface area (Å²) in [6, 6.07) is 0. The molecule has 1 atom stereocenters. The van der Waals surface area contributed by atoms with Crippen molar-refractivity contribution >= 4 is 5.97 Å². The van der Waals surface area contributed by atoms with Gasteiger partial charge >= 0.3 is 5.97 Å². The van der Waals surface area contributed by atoms with Crippen LogP contribution in [0.2, 0.25) is 0 Å². The molecule has 1 heterocycles. The van der Waals surface area contributed by atoms with Gasteiger partial charge in [0.05, 0.1) is 7.11 Å². The van der Waals surface area contributed by atoms with Gasteiger partial charge in [-0.2, -0.15) is 0 Å². The molecule has 0 aromatic carbocycles. The van der Waals surface area contributed by atoms with Crippen molar-refractivity contribution in [3.63, 3.8) is 0 Å². The summed E-state index contributed by atoms with van der Waals surface area (Å²) in [5.41, 5.74) is -0.545. The van der Waals surface area contributed by atoms with Gasteiger partial charge in [0.15, 0.2) is 0 Å². The third-order valence-corrected chi connectivity index (χ3v) is 4.03. The number of nitrogens with one attached hydrogen (secondary N) is 1. The van der Waals surface area contributed by atoms with Crippen LogP contribution in [-0.2, 0) is 9.53 Å². The SMILES string of the molecule is CCCNC(C)(CCN1CCCCCC1)C(=O)OC. The lowest BCUT2D eigenvalue weighted by molar-refractivity contribution is -0.148. The highest BCUT2D eigenvalue weighted by Crippen LogP contribution is 2.16. The Labute approximate surface area is 117 Å². The molecule has 0 aliphatic carbocycles. The predicted molar refractivity (Wildman–Crippen MR) is 78.2 cm³/mol. The maximum atomic E-state index is 12.0. The molecular weight excluding hydrogens is 240 g/mol. The highest BCUT2D eigenvalue weighted by molar-refractivity contribution is 5.80. The molecule has 1 fully saturated rings. The molecule has 0 radical (unpaired) electrons. The Hall–Kier alpha value is -0.610. The van der Waals surface area contributed by atoms with Crippen molar-refractivity contribution in [3.8, 4) is 0 Å². The average molecular weight is 270 g/mol. The van der Waals surface area contributed by atoms with Gasteiger partial charge in [0, 0.05) is 6.54 Å². The lowest BCUT2D eigenvalue weighted by Gasteiger charge is -2.31. The molecule has 0 spiro atoms. The number of carbonyl (C=O) groups is 1. The second-order valence-electron chi connectivity index (χ2n) is 5.76.